The van der Waals surface area contributed by atoms with E-state index in [0.29, 0.717) is 6.42 Å². The van der Waals surface area contributed by atoms with Crippen molar-refractivity contribution in [2.45, 2.75) is 44.9 Å². The molecule has 0 heterocycles. The van der Waals surface area contributed by atoms with Gasteiger partial charge in [0, 0.05) is 12.8 Å². The van der Waals surface area contributed by atoms with Crippen LogP contribution in [0.25, 0.3) is 0 Å². The van der Waals surface area contributed by atoms with Gasteiger partial charge in [0.05, 0.1) is 0 Å². The fourth-order valence-electron chi connectivity index (χ4n) is 1.11. The van der Waals surface area contributed by atoms with Crippen LogP contribution < -0.4 is 5.73 Å². The van der Waals surface area contributed by atoms with E-state index in [1.54, 1.807) is 0 Å². The van der Waals surface area contributed by atoms with Crippen molar-refractivity contribution in [2.24, 2.45) is 5.73 Å². The molecular formula is C9H17NO3. The molecule has 0 spiro atoms. The minimum Gasteiger partial charge on any atom is -0.481 e. The highest BCUT2D eigenvalue weighted by Gasteiger charge is 1.97. The molecule has 0 aromatic rings. The summed E-state index contributed by atoms with van der Waals surface area (Å²) in [6, 6.07) is 0. The molecule has 0 aliphatic carbocycles. The average Bonchev–Trinajstić information content (AvgIpc) is 2.01. The van der Waals surface area contributed by atoms with Crippen molar-refractivity contribution >= 4 is 11.9 Å². The lowest BCUT2D eigenvalue weighted by atomic mass is 10.1. The first kappa shape index (κ1) is 11.9. The van der Waals surface area contributed by atoms with Gasteiger partial charge in [0.1, 0.15) is 0 Å². The fraction of sp³-hybridized carbons (Fsp3) is 0.778. The van der Waals surface area contributed by atoms with E-state index in [9.17, 15) is 9.59 Å². The SMILES string of the molecule is NC(=O)CCCCCCCC(=O)O. The zero-order valence-electron chi connectivity index (χ0n) is 7.79. The van der Waals surface area contributed by atoms with Crippen molar-refractivity contribution in [2.75, 3.05) is 0 Å². The molecule has 0 atom stereocenters. The molecule has 0 saturated heterocycles. The van der Waals surface area contributed by atoms with Gasteiger partial charge in [-0.15, -0.1) is 0 Å². The van der Waals surface area contributed by atoms with E-state index in [1.165, 1.54) is 0 Å². The Bertz CT molecular complexity index is 150. The number of carbonyl (C=O) groups excluding carboxylic acids is 1. The van der Waals surface area contributed by atoms with Gasteiger partial charge in [0.2, 0.25) is 5.91 Å². The normalized spacial score (nSPS) is 9.85. The summed E-state index contributed by atoms with van der Waals surface area (Å²) in [6.07, 6.45) is 5.11. The Morgan fingerprint density at radius 1 is 0.923 bits per heavy atom. The number of rotatable bonds is 8. The molecule has 13 heavy (non-hydrogen) atoms. The minimum absolute atomic E-state index is 0.246. The number of carbonyl (C=O) groups is 2. The number of aliphatic carboxylic acids is 1. The summed E-state index contributed by atoms with van der Waals surface area (Å²) in [5.41, 5.74) is 4.96. The summed E-state index contributed by atoms with van der Waals surface area (Å²) in [6.45, 7) is 0. The van der Waals surface area contributed by atoms with Crippen molar-refractivity contribution in [3.63, 3.8) is 0 Å². The van der Waals surface area contributed by atoms with Gasteiger partial charge in [0.15, 0.2) is 0 Å². The number of hydrogen-bond acceptors (Lipinski definition) is 2. The predicted octanol–water partition coefficient (Wildman–Crippen LogP) is 1.29. The molecule has 0 saturated carbocycles. The lowest BCUT2D eigenvalue weighted by Crippen LogP contribution is -2.09. The third-order valence-electron chi connectivity index (χ3n) is 1.81. The maximum atomic E-state index is 10.3. The van der Waals surface area contributed by atoms with Crippen LogP contribution >= 0.6 is 0 Å². The van der Waals surface area contributed by atoms with Gasteiger partial charge in [-0.2, -0.15) is 0 Å². The number of primary amides is 1. The molecule has 0 aromatic heterocycles. The van der Waals surface area contributed by atoms with Crippen LogP contribution in [0.3, 0.4) is 0 Å². The summed E-state index contributed by atoms with van der Waals surface area (Å²) < 4.78 is 0. The number of unbranched alkanes of at least 4 members (excludes halogenated alkanes) is 4. The third kappa shape index (κ3) is 10.9. The Morgan fingerprint density at radius 3 is 1.85 bits per heavy atom. The van der Waals surface area contributed by atoms with Crippen LogP contribution in [0.4, 0.5) is 0 Å². The van der Waals surface area contributed by atoms with Crippen molar-refractivity contribution in [3.05, 3.63) is 0 Å². The van der Waals surface area contributed by atoms with Gasteiger partial charge in [0.25, 0.3) is 0 Å². The van der Waals surface area contributed by atoms with Crippen LogP contribution in [0.1, 0.15) is 44.9 Å². The second kappa shape index (κ2) is 7.58. The standard InChI is InChI=1S/C9H17NO3/c10-8(11)6-4-2-1-3-5-7-9(12)13/h1-7H2,(H2,10,11)(H,12,13). The van der Waals surface area contributed by atoms with Gasteiger partial charge < -0.3 is 10.8 Å². The molecule has 0 bridgehead atoms. The fourth-order valence-corrected chi connectivity index (χ4v) is 1.11. The monoisotopic (exact) mass is 187 g/mol. The third-order valence-corrected chi connectivity index (χ3v) is 1.81. The summed E-state index contributed by atoms with van der Waals surface area (Å²) in [5.74, 6) is -0.998. The molecular weight excluding hydrogens is 170 g/mol. The number of amides is 1. The van der Waals surface area contributed by atoms with Crippen LogP contribution in [-0.2, 0) is 9.59 Å². The zero-order chi connectivity index (χ0) is 10.1. The van der Waals surface area contributed by atoms with Crippen LogP contribution in [0.15, 0.2) is 0 Å². The molecule has 4 heteroatoms. The largest absolute Gasteiger partial charge is 0.481 e. The quantitative estimate of drug-likeness (QED) is 0.562. The first-order chi connectivity index (χ1) is 6.13. The smallest absolute Gasteiger partial charge is 0.303 e. The lowest BCUT2D eigenvalue weighted by molar-refractivity contribution is -0.137. The minimum atomic E-state index is -0.739. The molecule has 0 aliphatic heterocycles. The van der Waals surface area contributed by atoms with E-state index >= 15 is 0 Å². The molecule has 3 N–H and O–H groups in total. The maximum Gasteiger partial charge on any atom is 0.303 e. The zero-order valence-corrected chi connectivity index (χ0v) is 7.79. The number of carboxylic acid groups (broad SMARTS) is 1. The summed E-state index contributed by atoms with van der Waals surface area (Å²) >= 11 is 0. The number of hydrogen-bond donors (Lipinski definition) is 2. The molecule has 4 nitrogen and oxygen atoms in total. The van der Waals surface area contributed by atoms with E-state index in [-0.39, 0.29) is 12.3 Å². The van der Waals surface area contributed by atoms with E-state index in [4.69, 9.17) is 10.8 Å². The Labute approximate surface area is 78.1 Å². The molecule has 1 amide bonds. The van der Waals surface area contributed by atoms with Crippen LogP contribution in [0.2, 0.25) is 0 Å². The van der Waals surface area contributed by atoms with Gasteiger partial charge in [-0.05, 0) is 12.8 Å². The Balaban J connectivity index is 3.00. The van der Waals surface area contributed by atoms with Gasteiger partial charge >= 0.3 is 5.97 Å². The first-order valence-electron chi connectivity index (χ1n) is 4.63. The van der Waals surface area contributed by atoms with Crippen LogP contribution in [0.5, 0.6) is 0 Å². The van der Waals surface area contributed by atoms with Gasteiger partial charge in [-0.3, -0.25) is 9.59 Å². The van der Waals surface area contributed by atoms with E-state index in [1.807, 2.05) is 0 Å². The Kier molecular flexibility index (Phi) is 6.96. The molecule has 0 aromatic carbocycles. The van der Waals surface area contributed by atoms with Crippen LogP contribution in [-0.4, -0.2) is 17.0 Å². The highest BCUT2D eigenvalue weighted by molar-refractivity contribution is 5.73. The maximum absolute atomic E-state index is 10.3. The van der Waals surface area contributed by atoms with E-state index in [2.05, 4.69) is 0 Å². The second-order valence-electron chi connectivity index (χ2n) is 3.13. The highest BCUT2D eigenvalue weighted by atomic mass is 16.4. The number of nitrogens with two attached hydrogens (primary N) is 1. The van der Waals surface area contributed by atoms with Crippen molar-refractivity contribution in [3.8, 4) is 0 Å². The predicted molar refractivity (Wildman–Crippen MR) is 49.1 cm³/mol. The van der Waals surface area contributed by atoms with Crippen molar-refractivity contribution < 1.29 is 14.7 Å². The summed E-state index contributed by atoms with van der Waals surface area (Å²) in [5, 5.41) is 8.33. The Hall–Kier alpha value is -1.06. The molecule has 0 fully saturated rings. The topological polar surface area (TPSA) is 80.4 Å². The first-order valence-corrected chi connectivity index (χ1v) is 4.63. The van der Waals surface area contributed by atoms with Crippen LogP contribution in [0, 0.1) is 0 Å². The molecule has 76 valence electrons. The van der Waals surface area contributed by atoms with Crippen molar-refractivity contribution in [1.29, 1.82) is 0 Å². The lowest BCUT2D eigenvalue weighted by Gasteiger charge is -1.98. The van der Waals surface area contributed by atoms with E-state index in [0.717, 1.165) is 32.1 Å². The second-order valence-corrected chi connectivity index (χ2v) is 3.13. The van der Waals surface area contributed by atoms with Crippen molar-refractivity contribution in [1.82, 2.24) is 0 Å². The summed E-state index contributed by atoms with van der Waals surface area (Å²) in [7, 11) is 0. The van der Waals surface area contributed by atoms with Gasteiger partial charge in [-0.25, -0.2) is 0 Å². The van der Waals surface area contributed by atoms with E-state index < -0.39 is 5.97 Å². The number of carboxylic acids is 1. The molecule has 0 unspecified atom stereocenters. The highest BCUT2D eigenvalue weighted by Crippen LogP contribution is 2.06. The molecule has 0 aliphatic rings. The van der Waals surface area contributed by atoms with Gasteiger partial charge in [-0.1, -0.05) is 19.3 Å². The Morgan fingerprint density at radius 2 is 1.38 bits per heavy atom. The molecule has 0 radical (unpaired) electrons. The average molecular weight is 187 g/mol. The summed E-state index contributed by atoms with van der Waals surface area (Å²) in [4.78, 5) is 20.4. The molecule has 0 rings (SSSR count).